The number of hydrogen-bond donors (Lipinski definition) is 1. The highest BCUT2D eigenvalue weighted by molar-refractivity contribution is 14.1. The summed E-state index contributed by atoms with van der Waals surface area (Å²) in [5.74, 6) is -1.16. The van der Waals surface area contributed by atoms with E-state index in [2.05, 4.69) is 77.8 Å². The van der Waals surface area contributed by atoms with Gasteiger partial charge in [0.2, 0.25) is 0 Å². The fraction of sp³-hybridized carbons (Fsp3) is 0.500. The van der Waals surface area contributed by atoms with E-state index >= 15 is 0 Å². The average molecular weight is 770 g/mol. The van der Waals surface area contributed by atoms with Crippen LogP contribution in [0.5, 0.6) is 0 Å². The summed E-state index contributed by atoms with van der Waals surface area (Å²) in [6, 6.07) is 3.79. The minimum Gasteiger partial charge on any atom is -0.743 e. The Hall–Kier alpha value is 0.120. The predicted molar refractivity (Wildman–Crippen MR) is 126 cm³/mol. The third-order valence-corrected chi connectivity index (χ3v) is 8.12. The van der Waals surface area contributed by atoms with Crippen LogP contribution in [0.2, 0.25) is 0 Å². The number of halogens is 5. The Morgan fingerprint density at radius 3 is 2.34 bits per heavy atom. The molecule has 0 heterocycles. The van der Waals surface area contributed by atoms with Gasteiger partial charge < -0.3 is 14.6 Å². The number of alkyl halides is 2. The largest absolute Gasteiger partial charge is 0.743 e. The van der Waals surface area contributed by atoms with Gasteiger partial charge in [0.15, 0.2) is 16.7 Å². The maximum atomic E-state index is 12.9. The molecule has 0 aliphatic heterocycles. The van der Waals surface area contributed by atoms with Crippen LogP contribution in [0.1, 0.15) is 42.5 Å². The van der Waals surface area contributed by atoms with E-state index in [-0.39, 0.29) is 12.3 Å². The van der Waals surface area contributed by atoms with Crippen LogP contribution in [0.3, 0.4) is 0 Å². The van der Waals surface area contributed by atoms with E-state index in [0.29, 0.717) is 37.8 Å². The number of rotatable bonds is 11. The summed E-state index contributed by atoms with van der Waals surface area (Å²) >= 11 is 6.44. The van der Waals surface area contributed by atoms with Crippen molar-refractivity contribution in [3.63, 3.8) is 0 Å². The van der Waals surface area contributed by atoms with Crippen molar-refractivity contribution in [2.45, 2.75) is 37.4 Å². The van der Waals surface area contributed by atoms with Crippen LogP contribution in [0, 0.1) is 10.7 Å². The normalized spacial score (nSPS) is 11.9. The zero-order valence-corrected chi connectivity index (χ0v) is 22.1. The van der Waals surface area contributed by atoms with Gasteiger partial charge in [-0.2, -0.15) is 8.78 Å². The molecule has 0 radical (unpaired) electrons. The van der Waals surface area contributed by atoms with Crippen LogP contribution in [0.4, 0.5) is 8.78 Å². The van der Waals surface area contributed by atoms with E-state index in [1.165, 1.54) is 0 Å². The standard InChI is InChI=1S/C16H18F2I3NO6S/c17-16(18,29(25,26)27)9-28-13(23)5-3-1-2-4-6-22-15(24)11-7-10(19)8-12(20)14(11)21/h7-8H,1-6,9H2,(H,22,24)(H,25,26,27)/p-1. The molecule has 0 aliphatic carbocycles. The fourth-order valence-electron chi connectivity index (χ4n) is 2.08. The van der Waals surface area contributed by atoms with E-state index < -0.39 is 27.9 Å². The van der Waals surface area contributed by atoms with Gasteiger partial charge in [0.1, 0.15) is 0 Å². The molecule has 0 unspecified atom stereocenters. The van der Waals surface area contributed by atoms with Crippen molar-refractivity contribution in [3.8, 4) is 0 Å². The van der Waals surface area contributed by atoms with Gasteiger partial charge in [-0.25, -0.2) is 8.42 Å². The monoisotopic (exact) mass is 770 g/mol. The van der Waals surface area contributed by atoms with E-state index in [4.69, 9.17) is 0 Å². The molecule has 1 N–H and O–H groups in total. The van der Waals surface area contributed by atoms with Gasteiger partial charge in [0, 0.05) is 23.7 Å². The van der Waals surface area contributed by atoms with Gasteiger partial charge >= 0.3 is 11.2 Å². The maximum Gasteiger partial charge on any atom is 0.367 e. The van der Waals surface area contributed by atoms with Gasteiger partial charge in [0.05, 0.1) is 5.56 Å². The van der Waals surface area contributed by atoms with Crippen molar-refractivity contribution in [3.05, 3.63) is 28.4 Å². The molecule has 0 saturated heterocycles. The second kappa shape index (κ2) is 12.2. The van der Waals surface area contributed by atoms with Crippen LogP contribution in [0.25, 0.3) is 0 Å². The van der Waals surface area contributed by atoms with E-state index in [1.807, 2.05) is 12.1 Å². The molecule has 0 aromatic heterocycles. The first-order chi connectivity index (χ1) is 13.3. The van der Waals surface area contributed by atoms with Crippen molar-refractivity contribution in [2.24, 2.45) is 0 Å². The lowest BCUT2D eigenvalue weighted by Crippen LogP contribution is -2.34. The summed E-state index contributed by atoms with van der Waals surface area (Å²) in [6.07, 6.45) is 2.15. The highest BCUT2D eigenvalue weighted by atomic mass is 127. The average Bonchev–Trinajstić information content (AvgIpc) is 2.61. The molecule has 1 aromatic rings. The highest BCUT2D eigenvalue weighted by Gasteiger charge is 2.39. The number of carbonyl (C=O) groups is 2. The van der Waals surface area contributed by atoms with Gasteiger partial charge in [-0.15, -0.1) is 0 Å². The first-order valence-corrected chi connectivity index (χ1v) is 12.9. The van der Waals surface area contributed by atoms with Crippen LogP contribution < -0.4 is 5.32 Å². The molecule has 1 rings (SSSR count). The zero-order chi connectivity index (χ0) is 22.2. The molecule has 1 aromatic carbocycles. The number of amides is 1. The molecular weight excluding hydrogens is 753 g/mol. The lowest BCUT2D eigenvalue weighted by Gasteiger charge is -2.19. The molecule has 1 amide bonds. The third kappa shape index (κ3) is 9.42. The number of unbranched alkanes of at least 4 members (excludes halogenated alkanes) is 3. The minimum absolute atomic E-state index is 0.163. The Balaban J connectivity index is 2.22. The molecule has 0 fully saturated rings. The third-order valence-electron chi connectivity index (χ3n) is 3.60. The Labute approximate surface area is 208 Å². The molecule has 0 aliphatic rings. The van der Waals surface area contributed by atoms with Gasteiger partial charge in [-0.3, -0.25) is 9.59 Å². The molecule has 0 spiro atoms. The molecule has 0 saturated carbocycles. The van der Waals surface area contributed by atoms with E-state index in [0.717, 1.165) is 10.7 Å². The minimum atomic E-state index is -5.86. The molecule has 164 valence electrons. The Morgan fingerprint density at radius 1 is 1.10 bits per heavy atom. The summed E-state index contributed by atoms with van der Waals surface area (Å²) in [7, 11) is -5.86. The molecule has 13 heteroatoms. The second-order valence-corrected chi connectivity index (χ2v) is 10.9. The molecule has 29 heavy (non-hydrogen) atoms. The van der Waals surface area contributed by atoms with Crippen LogP contribution >= 0.6 is 67.8 Å². The fourth-order valence-corrected chi connectivity index (χ4v) is 4.68. The number of esters is 1. The van der Waals surface area contributed by atoms with Crippen molar-refractivity contribution >= 4 is 89.8 Å². The second-order valence-electron chi connectivity index (χ2n) is 5.92. The first kappa shape index (κ1) is 27.2. The SMILES string of the molecule is O=C(CCCCCCNC(=O)c1cc(I)cc(I)c1I)OCC(F)(F)S(=O)(=O)[O-]. The Morgan fingerprint density at radius 2 is 1.72 bits per heavy atom. The smallest absolute Gasteiger partial charge is 0.367 e. The molecular formula is C16H17F2I3NO6S-. The zero-order valence-electron chi connectivity index (χ0n) is 14.9. The molecule has 0 bridgehead atoms. The molecule has 7 nitrogen and oxygen atoms in total. The van der Waals surface area contributed by atoms with Crippen LogP contribution in [-0.4, -0.2) is 43.3 Å². The first-order valence-electron chi connectivity index (χ1n) is 8.27. The van der Waals surface area contributed by atoms with Gasteiger partial charge in [-0.1, -0.05) is 12.8 Å². The molecule has 0 atom stereocenters. The number of carbonyl (C=O) groups excluding carboxylic acids is 2. The summed E-state index contributed by atoms with van der Waals surface area (Å²) in [5, 5.41) is -1.80. The highest BCUT2D eigenvalue weighted by Crippen LogP contribution is 2.23. The Kier molecular flexibility index (Phi) is 11.5. The Bertz CT molecular complexity index is 851. The van der Waals surface area contributed by atoms with Crippen molar-refractivity contribution in [1.29, 1.82) is 0 Å². The van der Waals surface area contributed by atoms with Crippen molar-refractivity contribution < 1.29 is 36.1 Å². The summed E-state index contributed by atoms with van der Waals surface area (Å²) in [6.45, 7) is -1.32. The van der Waals surface area contributed by atoms with Gasteiger partial charge in [0.25, 0.3) is 5.91 Å². The number of ether oxygens (including phenoxy) is 1. The lowest BCUT2D eigenvalue weighted by atomic mass is 10.1. The number of benzene rings is 1. The lowest BCUT2D eigenvalue weighted by molar-refractivity contribution is -0.149. The predicted octanol–water partition coefficient (Wildman–Crippen LogP) is 3.86. The number of hydrogen-bond acceptors (Lipinski definition) is 6. The topological polar surface area (TPSA) is 113 Å². The van der Waals surface area contributed by atoms with E-state index in [1.54, 1.807) is 0 Å². The van der Waals surface area contributed by atoms with Crippen molar-refractivity contribution in [2.75, 3.05) is 13.2 Å². The van der Waals surface area contributed by atoms with Crippen LogP contribution in [0.15, 0.2) is 12.1 Å². The number of nitrogens with one attached hydrogen (secondary N) is 1. The maximum absolute atomic E-state index is 12.9. The summed E-state index contributed by atoms with van der Waals surface area (Å²) < 4.78 is 63.6. The van der Waals surface area contributed by atoms with Crippen molar-refractivity contribution in [1.82, 2.24) is 5.32 Å². The quantitative estimate of drug-likeness (QED) is 0.120. The van der Waals surface area contributed by atoms with Crippen LogP contribution in [-0.2, 0) is 19.6 Å². The van der Waals surface area contributed by atoms with E-state index in [9.17, 15) is 31.3 Å². The van der Waals surface area contributed by atoms with Gasteiger partial charge in [-0.05, 0) is 92.7 Å². The summed E-state index contributed by atoms with van der Waals surface area (Å²) in [5.41, 5.74) is 0.613. The summed E-state index contributed by atoms with van der Waals surface area (Å²) in [4.78, 5) is 23.6.